The number of hydrogen-bond acceptors (Lipinski definition) is 4. The van der Waals surface area contributed by atoms with Crippen LogP contribution in [-0.2, 0) is 0 Å². The fraction of sp³-hybridized carbons (Fsp3) is 0.0833. The Morgan fingerprint density at radius 1 is 1.18 bits per heavy atom. The van der Waals surface area contributed by atoms with Crippen molar-refractivity contribution in [1.82, 2.24) is 9.97 Å². The van der Waals surface area contributed by atoms with Gasteiger partial charge >= 0.3 is 5.97 Å². The van der Waals surface area contributed by atoms with E-state index in [1.54, 1.807) is 31.2 Å². The molecule has 0 radical (unpaired) electrons. The molecule has 0 atom stereocenters. The maximum Gasteiger partial charge on any atom is 0.363 e. The number of ether oxygens (including phenoxy) is 1. The average molecular weight is 249 g/mol. The van der Waals surface area contributed by atoms with E-state index in [0.717, 1.165) is 5.69 Å². The van der Waals surface area contributed by atoms with Crippen LogP contribution in [0.1, 0.15) is 16.2 Å². The van der Waals surface area contributed by atoms with Crippen molar-refractivity contribution in [3.05, 3.63) is 53.1 Å². The van der Waals surface area contributed by atoms with Crippen LogP contribution in [-0.4, -0.2) is 15.9 Å². The molecule has 0 aliphatic heterocycles. The Balaban J connectivity index is 2.11. The van der Waals surface area contributed by atoms with E-state index in [4.69, 9.17) is 16.3 Å². The Morgan fingerprint density at radius 3 is 2.47 bits per heavy atom. The predicted octanol–water partition coefficient (Wildman–Crippen LogP) is 2.66. The average Bonchev–Trinajstić information content (AvgIpc) is 2.33. The summed E-state index contributed by atoms with van der Waals surface area (Å²) in [6.07, 6.45) is 2.89. The third-order valence-corrected chi connectivity index (χ3v) is 2.27. The summed E-state index contributed by atoms with van der Waals surface area (Å²) < 4.78 is 5.10. The summed E-state index contributed by atoms with van der Waals surface area (Å²) >= 11 is 5.72. The van der Waals surface area contributed by atoms with Crippen molar-refractivity contribution in [3.8, 4) is 5.75 Å². The van der Waals surface area contributed by atoms with Crippen LogP contribution in [0.5, 0.6) is 5.75 Å². The molecular formula is C12H9ClN2O2. The smallest absolute Gasteiger partial charge is 0.363 e. The maximum absolute atomic E-state index is 11.7. The van der Waals surface area contributed by atoms with E-state index < -0.39 is 5.97 Å². The minimum atomic E-state index is -0.542. The van der Waals surface area contributed by atoms with Crippen LogP contribution in [0.15, 0.2) is 36.7 Å². The largest absolute Gasteiger partial charge is 0.422 e. The highest BCUT2D eigenvalue weighted by molar-refractivity contribution is 6.30. The molecule has 0 fully saturated rings. The van der Waals surface area contributed by atoms with E-state index in [1.165, 1.54) is 12.4 Å². The van der Waals surface area contributed by atoms with Crippen LogP contribution >= 0.6 is 11.6 Å². The van der Waals surface area contributed by atoms with Crippen molar-refractivity contribution in [1.29, 1.82) is 0 Å². The van der Waals surface area contributed by atoms with Gasteiger partial charge in [-0.2, -0.15) is 0 Å². The van der Waals surface area contributed by atoms with Crippen molar-refractivity contribution in [3.63, 3.8) is 0 Å². The number of hydrogen-bond donors (Lipinski definition) is 0. The van der Waals surface area contributed by atoms with Crippen LogP contribution in [0.3, 0.4) is 0 Å². The number of benzene rings is 1. The van der Waals surface area contributed by atoms with E-state index in [-0.39, 0.29) is 5.69 Å². The quantitative estimate of drug-likeness (QED) is 0.606. The van der Waals surface area contributed by atoms with Crippen LogP contribution in [0.4, 0.5) is 0 Å². The number of esters is 1. The fourth-order valence-corrected chi connectivity index (χ4v) is 1.29. The number of carbonyl (C=O) groups is 1. The number of rotatable bonds is 2. The lowest BCUT2D eigenvalue weighted by atomic mass is 10.3. The summed E-state index contributed by atoms with van der Waals surface area (Å²) in [5, 5.41) is 0.583. The highest BCUT2D eigenvalue weighted by atomic mass is 35.5. The van der Waals surface area contributed by atoms with Crippen molar-refractivity contribution in [2.24, 2.45) is 0 Å². The minimum Gasteiger partial charge on any atom is -0.422 e. The summed E-state index contributed by atoms with van der Waals surface area (Å²) in [5.74, 6) is -0.124. The van der Waals surface area contributed by atoms with Crippen LogP contribution < -0.4 is 4.74 Å². The first-order chi connectivity index (χ1) is 8.15. The normalized spacial score (nSPS) is 10.0. The number of aryl methyl sites for hydroxylation is 1. The molecule has 17 heavy (non-hydrogen) atoms. The van der Waals surface area contributed by atoms with Gasteiger partial charge in [0.25, 0.3) is 0 Å². The third kappa shape index (κ3) is 3.01. The Labute approximate surface area is 103 Å². The summed E-state index contributed by atoms with van der Waals surface area (Å²) in [7, 11) is 0. The van der Waals surface area contributed by atoms with Gasteiger partial charge in [-0.15, -0.1) is 0 Å². The minimum absolute atomic E-state index is 0.172. The van der Waals surface area contributed by atoms with E-state index in [9.17, 15) is 4.79 Å². The number of nitrogens with zero attached hydrogens (tertiary/aromatic N) is 2. The molecule has 4 nitrogen and oxygen atoms in total. The van der Waals surface area contributed by atoms with E-state index in [2.05, 4.69) is 9.97 Å². The molecule has 1 aromatic heterocycles. The molecule has 0 aliphatic rings. The Kier molecular flexibility index (Phi) is 3.35. The Bertz CT molecular complexity index is 523. The van der Waals surface area contributed by atoms with Gasteiger partial charge in [-0.05, 0) is 31.2 Å². The highest BCUT2D eigenvalue weighted by Gasteiger charge is 2.10. The molecule has 0 amide bonds. The summed E-state index contributed by atoms with van der Waals surface area (Å²) in [6.45, 7) is 1.79. The zero-order valence-electron chi connectivity index (χ0n) is 9.05. The lowest BCUT2D eigenvalue weighted by molar-refractivity contribution is 0.0728. The molecule has 5 heteroatoms. The molecule has 86 valence electrons. The number of halogens is 1. The first-order valence-corrected chi connectivity index (χ1v) is 5.29. The second kappa shape index (κ2) is 4.93. The van der Waals surface area contributed by atoms with Crippen molar-refractivity contribution in [2.45, 2.75) is 6.92 Å². The van der Waals surface area contributed by atoms with Crippen LogP contribution in [0.2, 0.25) is 5.02 Å². The molecule has 0 aliphatic carbocycles. The second-order valence-electron chi connectivity index (χ2n) is 3.39. The molecule has 2 aromatic rings. The van der Waals surface area contributed by atoms with Crippen molar-refractivity contribution >= 4 is 17.6 Å². The van der Waals surface area contributed by atoms with Crippen LogP contribution in [0.25, 0.3) is 0 Å². The molecule has 0 saturated carbocycles. The number of aromatic nitrogens is 2. The Morgan fingerprint density at radius 2 is 1.88 bits per heavy atom. The molecule has 0 saturated heterocycles. The molecule has 0 N–H and O–H groups in total. The molecule has 0 bridgehead atoms. The summed E-state index contributed by atoms with van der Waals surface area (Å²) in [5.41, 5.74) is 0.915. The van der Waals surface area contributed by atoms with E-state index in [1.807, 2.05) is 0 Å². The van der Waals surface area contributed by atoms with Gasteiger partial charge in [0.2, 0.25) is 0 Å². The number of carbonyl (C=O) groups excluding carboxylic acids is 1. The SMILES string of the molecule is Cc1cnc(C(=O)Oc2ccc(Cl)cc2)cn1. The second-order valence-corrected chi connectivity index (χ2v) is 3.82. The lowest BCUT2D eigenvalue weighted by Crippen LogP contribution is -2.11. The fourth-order valence-electron chi connectivity index (χ4n) is 1.16. The zero-order valence-corrected chi connectivity index (χ0v) is 9.81. The molecule has 0 unspecified atom stereocenters. The van der Waals surface area contributed by atoms with Gasteiger partial charge in [-0.25, -0.2) is 9.78 Å². The van der Waals surface area contributed by atoms with Gasteiger partial charge in [-0.1, -0.05) is 11.6 Å². The third-order valence-electron chi connectivity index (χ3n) is 2.01. The first kappa shape index (κ1) is 11.5. The van der Waals surface area contributed by atoms with E-state index >= 15 is 0 Å². The van der Waals surface area contributed by atoms with E-state index in [0.29, 0.717) is 10.8 Å². The molecule has 1 aromatic carbocycles. The van der Waals surface area contributed by atoms with Gasteiger partial charge in [0.05, 0.1) is 11.9 Å². The lowest BCUT2D eigenvalue weighted by Gasteiger charge is -2.03. The van der Waals surface area contributed by atoms with Gasteiger partial charge in [-0.3, -0.25) is 4.98 Å². The first-order valence-electron chi connectivity index (χ1n) is 4.91. The van der Waals surface area contributed by atoms with Gasteiger partial charge in [0.15, 0.2) is 5.69 Å². The Hall–Kier alpha value is -1.94. The van der Waals surface area contributed by atoms with Crippen LogP contribution in [0, 0.1) is 6.92 Å². The summed E-state index contributed by atoms with van der Waals surface area (Å²) in [4.78, 5) is 19.6. The topological polar surface area (TPSA) is 52.1 Å². The maximum atomic E-state index is 11.7. The monoisotopic (exact) mass is 248 g/mol. The molecule has 1 heterocycles. The standard InChI is InChI=1S/C12H9ClN2O2/c1-8-6-15-11(7-14-8)12(16)17-10-4-2-9(13)3-5-10/h2-7H,1H3. The highest BCUT2D eigenvalue weighted by Crippen LogP contribution is 2.16. The van der Waals surface area contributed by atoms with Gasteiger partial charge < -0.3 is 4.74 Å². The van der Waals surface area contributed by atoms with Crippen molar-refractivity contribution in [2.75, 3.05) is 0 Å². The molecular weight excluding hydrogens is 240 g/mol. The summed E-state index contributed by atoms with van der Waals surface area (Å²) in [6, 6.07) is 6.51. The van der Waals surface area contributed by atoms with Crippen molar-refractivity contribution < 1.29 is 9.53 Å². The van der Waals surface area contributed by atoms with Gasteiger partial charge in [0.1, 0.15) is 5.75 Å². The van der Waals surface area contributed by atoms with Gasteiger partial charge in [0, 0.05) is 11.2 Å². The zero-order chi connectivity index (χ0) is 12.3. The molecule has 2 rings (SSSR count). The molecule has 0 spiro atoms. The predicted molar refractivity (Wildman–Crippen MR) is 63.2 cm³/mol.